The van der Waals surface area contributed by atoms with Gasteiger partial charge in [-0.15, -0.1) is 11.3 Å². The van der Waals surface area contributed by atoms with Crippen LogP contribution in [0.4, 0.5) is 5.69 Å². The Morgan fingerprint density at radius 2 is 2.29 bits per heavy atom. The van der Waals surface area contributed by atoms with Gasteiger partial charge in [-0.3, -0.25) is 4.98 Å². The molecule has 0 aliphatic rings. The van der Waals surface area contributed by atoms with E-state index in [4.69, 9.17) is 0 Å². The van der Waals surface area contributed by atoms with Crippen LogP contribution in [0, 0.1) is 0 Å². The van der Waals surface area contributed by atoms with E-state index in [0.717, 1.165) is 34.4 Å². The van der Waals surface area contributed by atoms with E-state index < -0.39 is 0 Å². The van der Waals surface area contributed by atoms with E-state index in [1.54, 1.807) is 23.1 Å². The molecule has 2 rings (SSSR count). The van der Waals surface area contributed by atoms with Crippen LogP contribution in [-0.4, -0.2) is 16.5 Å². The molecule has 0 unspecified atom stereocenters. The van der Waals surface area contributed by atoms with E-state index in [1.807, 2.05) is 23.8 Å². The molecule has 0 aliphatic heterocycles. The molecule has 0 fully saturated rings. The number of nitrogens with one attached hydrogen (secondary N) is 1. The summed E-state index contributed by atoms with van der Waals surface area (Å²) in [4.78, 5) is 8.60. The number of thioether (sulfide) groups is 1. The van der Waals surface area contributed by atoms with E-state index in [0.29, 0.717) is 0 Å². The first-order chi connectivity index (χ1) is 8.38. The number of pyridine rings is 1. The Hall–Kier alpha value is -1.07. The summed E-state index contributed by atoms with van der Waals surface area (Å²) < 4.78 is 1.10. The van der Waals surface area contributed by atoms with Crippen LogP contribution >= 0.6 is 23.1 Å². The van der Waals surface area contributed by atoms with Crippen molar-refractivity contribution >= 4 is 28.8 Å². The minimum atomic E-state index is 0.870. The van der Waals surface area contributed by atoms with Gasteiger partial charge in [0.25, 0.3) is 0 Å². The molecule has 2 heterocycles. The molecule has 0 bridgehead atoms. The van der Waals surface area contributed by atoms with Gasteiger partial charge in [-0.05, 0) is 18.6 Å². The van der Waals surface area contributed by atoms with Crippen molar-refractivity contribution in [1.82, 2.24) is 9.97 Å². The van der Waals surface area contributed by atoms with Gasteiger partial charge in [0, 0.05) is 35.8 Å². The number of thiazole rings is 1. The minimum absolute atomic E-state index is 0.870. The minimum Gasteiger partial charge on any atom is -0.385 e. The third-order valence-corrected chi connectivity index (χ3v) is 4.15. The standard InChI is InChI=1S/C12H15N3S2/c1-2-4-13-10-3-5-14-11(8-10)9-17-12-15-6-7-16-12/h3,5-8H,2,4,9H2,1H3,(H,13,14). The van der Waals surface area contributed by atoms with Gasteiger partial charge in [-0.25, -0.2) is 4.98 Å². The fourth-order valence-corrected chi connectivity index (χ4v) is 2.89. The molecule has 3 nitrogen and oxygen atoms in total. The second-order valence-electron chi connectivity index (χ2n) is 3.55. The van der Waals surface area contributed by atoms with Crippen LogP contribution < -0.4 is 5.32 Å². The summed E-state index contributed by atoms with van der Waals surface area (Å²) in [5, 5.41) is 5.36. The highest BCUT2D eigenvalue weighted by Crippen LogP contribution is 2.24. The zero-order valence-corrected chi connectivity index (χ0v) is 11.4. The van der Waals surface area contributed by atoms with Gasteiger partial charge in [0.2, 0.25) is 0 Å². The quantitative estimate of drug-likeness (QED) is 0.809. The molecule has 0 saturated heterocycles. The summed E-state index contributed by atoms with van der Waals surface area (Å²) in [7, 11) is 0. The fourth-order valence-electron chi connectivity index (χ4n) is 1.35. The summed E-state index contributed by atoms with van der Waals surface area (Å²) in [6, 6.07) is 4.11. The van der Waals surface area contributed by atoms with Crippen LogP contribution in [0.3, 0.4) is 0 Å². The third kappa shape index (κ3) is 4.02. The molecule has 5 heteroatoms. The van der Waals surface area contributed by atoms with Crippen molar-refractivity contribution in [3.8, 4) is 0 Å². The lowest BCUT2D eigenvalue weighted by Gasteiger charge is -2.05. The molecule has 0 aliphatic carbocycles. The lowest BCUT2D eigenvalue weighted by atomic mass is 10.3. The SMILES string of the molecule is CCCNc1ccnc(CSc2nccs2)c1. The third-order valence-electron chi connectivity index (χ3n) is 2.15. The molecule has 17 heavy (non-hydrogen) atoms. The molecule has 0 amide bonds. The first-order valence-corrected chi connectivity index (χ1v) is 7.46. The van der Waals surface area contributed by atoms with Crippen molar-refractivity contribution in [2.45, 2.75) is 23.4 Å². The zero-order chi connectivity index (χ0) is 11.9. The fraction of sp³-hybridized carbons (Fsp3) is 0.333. The number of nitrogens with zero attached hydrogens (tertiary/aromatic N) is 2. The highest BCUT2D eigenvalue weighted by atomic mass is 32.2. The van der Waals surface area contributed by atoms with Crippen LogP contribution in [0.1, 0.15) is 19.0 Å². The van der Waals surface area contributed by atoms with Crippen LogP contribution in [0.2, 0.25) is 0 Å². The van der Waals surface area contributed by atoms with Gasteiger partial charge >= 0.3 is 0 Å². The van der Waals surface area contributed by atoms with Gasteiger partial charge in [-0.2, -0.15) is 0 Å². The first-order valence-electron chi connectivity index (χ1n) is 5.59. The summed E-state index contributed by atoms with van der Waals surface area (Å²) in [5.74, 6) is 0.870. The predicted molar refractivity (Wildman–Crippen MR) is 74.7 cm³/mol. The van der Waals surface area contributed by atoms with Gasteiger partial charge in [0.15, 0.2) is 0 Å². The van der Waals surface area contributed by atoms with Gasteiger partial charge in [-0.1, -0.05) is 18.7 Å². The Labute approximate surface area is 110 Å². The lowest BCUT2D eigenvalue weighted by Crippen LogP contribution is -2.00. The molecule has 1 N–H and O–H groups in total. The Morgan fingerprint density at radius 1 is 1.35 bits per heavy atom. The number of hydrogen-bond acceptors (Lipinski definition) is 5. The van der Waals surface area contributed by atoms with Gasteiger partial charge < -0.3 is 5.32 Å². The Morgan fingerprint density at radius 3 is 3.06 bits per heavy atom. The predicted octanol–water partition coefficient (Wildman–Crippen LogP) is 3.65. The van der Waals surface area contributed by atoms with Crippen molar-refractivity contribution < 1.29 is 0 Å². The van der Waals surface area contributed by atoms with Crippen molar-refractivity contribution in [2.75, 3.05) is 11.9 Å². The molecule has 0 atom stereocenters. The van der Waals surface area contributed by atoms with Gasteiger partial charge in [0.1, 0.15) is 4.34 Å². The molecule has 0 spiro atoms. The van der Waals surface area contributed by atoms with E-state index in [2.05, 4.69) is 28.3 Å². The Bertz CT molecular complexity index is 443. The number of hydrogen-bond donors (Lipinski definition) is 1. The van der Waals surface area contributed by atoms with E-state index in [-0.39, 0.29) is 0 Å². The van der Waals surface area contributed by atoms with Crippen molar-refractivity contribution in [3.05, 3.63) is 35.6 Å². The molecular formula is C12H15N3S2. The van der Waals surface area contributed by atoms with Crippen molar-refractivity contribution in [2.24, 2.45) is 0 Å². The Kier molecular flexibility index (Phi) is 4.82. The summed E-state index contributed by atoms with van der Waals surface area (Å²) in [6.45, 7) is 3.16. The number of aromatic nitrogens is 2. The maximum atomic E-state index is 4.36. The largest absolute Gasteiger partial charge is 0.385 e. The van der Waals surface area contributed by atoms with Crippen molar-refractivity contribution in [1.29, 1.82) is 0 Å². The second kappa shape index (κ2) is 6.61. The van der Waals surface area contributed by atoms with Crippen LogP contribution in [0.5, 0.6) is 0 Å². The number of anilines is 1. The molecular weight excluding hydrogens is 250 g/mol. The lowest BCUT2D eigenvalue weighted by molar-refractivity contribution is 0.977. The van der Waals surface area contributed by atoms with Crippen molar-refractivity contribution in [3.63, 3.8) is 0 Å². The normalized spacial score (nSPS) is 10.4. The van der Waals surface area contributed by atoms with Crippen LogP contribution in [-0.2, 0) is 5.75 Å². The first kappa shape index (κ1) is 12.4. The molecule has 2 aromatic heterocycles. The summed E-state index contributed by atoms with van der Waals surface area (Å²) >= 11 is 3.40. The van der Waals surface area contributed by atoms with Gasteiger partial charge in [0.05, 0.1) is 5.69 Å². The average Bonchev–Trinajstić information content (AvgIpc) is 2.87. The second-order valence-corrected chi connectivity index (χ2v) is 5.67. The van der Waals surface area contributed by atoms with E-state index >= 15 is 0 Å². The van der Waals surface area contributed by atoms with Crippen LogP contribution in [0.25, 0.3) is 0 Å². The molecule has 90 valence electrons. The van der Waals surface area contributed by atoms with E-state index in [9.17, 15) is 0 Å². The smallest absolute Gasteiger partial charge is 0.150 e. The number of rotatable bonds is 6. The topological polar surface area (TPSA) is 37.8 Å². The van der Waals surface area contributed by atoms with E-state index in [1.165, 1.54) is 0 Å². The molecule has 0 radical (unpaired) electrons. The monoisotopic (exact) mass is 265 g/mol. The maximum absolute atomic E-state index is 4.36. The summed E-state index contributed by atoms with van der Waals surface area (Å²) in [6.07, 6.45) is 4.82. The zero-order valence-electron chi connectivity index (χ0n) is 9.72. The maximum Gasteiger partial charge on any atom is 0.150 e. The highest BCUT2D eigenvalue weighted by molar-refractivity contribution is 8.00. The molecule has 0 aromatic carbocycles. The highest BCUT2D eigenvalue weighted by Gasteiger charge is 2.00. The summed E-state index contributed by atoms with van der Waals surface area (Å²) in [5.41, 5.74) is 2.24. The Balaban J connectivity index is 1.91. The molecule has 0 saturated carbocycles. The molecule has 2 aromatic rings. The average molecular weight is 265 g/mol. The van der Waals surface area contributed by atoms with Crippen LogP contribution in [0.15, 0.2) is 34.2 Å².